The molecule has 0 N–H and O–H groups in total. The standard InChI is InChI=1S/C19H15N3OS2/c1-14-6-8-15(9-7-14)21-19-22(20-12-16-4-3-11-24-16)17(13-25-19)18-5-2-10-23-18/h2-13H,1H3. The Hall–Kier alpha value is -2.70. The summed E-state index contributed by atoms with van der Waals surface area (Å²) in [5.41, 5.74) is 3.00. The van der Waals surface area contributed by atoms with Crippen LogP contribution in [0.1, 0.15) is 10.4 Å². The zero-order valence-corrected chi connectivity index (χ0v) is 15.1. The number of furan rings is 1. The first-order chi connectivity index (χ1) is 12.3. The van der Waals surface area contributed by atoms with Crippen molar-refractivity contribution in [3.63, 3.8) is 0 Å². The number of thiophene rings is 1. The second kappa shape index (κ2) is 7.04. The van der Waals surface area contributed by atoms with Crippen molar-refractivity contribution in [1.82, 2.24) is 4.68 Å². The van der Waals surface area contributed by atoms with E-state index < -0.39 is 0 Å². The van der Waals surface area contributed by atoms with Crippen LogP contribution in [-0.2, 0) is 0 Å². The lowest BCUT2D eigenvalue weighted by molar-refractivity contribution is 0.575. The molecule has 0 aliphatic rings. The monoisotopic (exact) mass is 365 g/mol. The van der Waals surface area contributed by atoms with Gasteiger partial charge >= 0.3 is 0 Å². The highest BCUT2D eigenvalue weighted by atomic mass is 32.1. The van der Waals surface area contributed by atoms with Crippen molar-refractivity contribution in [3.8, 4) is 11.5 Å². The number of hydrogen-bond donors (Lipinski definition) is 0. The normalized spacial score (nSPS) is 12.3. The predicted molar refractivity (Wildman–Crippen MR) is 104 cm³/mol. The summed E-state index contributed by atoms with van der Waals surface area (Å²) in [5.74, 6) is 0.768. The molecule has 3 aromatic heterocycles. The summed E-state index contributed by atoms with van der Waals surface area (Å²) in [6, 6.07) is 16.0. The van der Waals surface area contributed by atoms with Crippen LogP contribution in [0.4, 0.5) is 5.69 Å². The number of benzene rings is 1. The Balaban J connectivity index is 1.82. The van der Waals surface area contributed by atoms with Crippen LogP contribution in [0.3, 0.4) is 0 Å². The molecule has 0 saturated heterocycles. The fraction of sp³-hybridized carbons (Fsp3) is 0.0526. The van der Waals surface area contributed by atoms with E-state index >= 15 is 0 Å². The number of rotatable bonds is 4. The molecular weight excluding hydrogens is 350 g/mol. The van der Waals surface area contributed by atoms with Crippen LogP contribution >= 0.6 is 22.7 Å². The van der Waals surface area contributed by atoms with Crippen molar-refractivity contribution in [2.75, 3.05) is 0 Å². The molecule has 3 heterocycles. The van der Waals surface area contributed by atoms with E-state index in [-0.39, 0.29) is 0 Å². The molecule has 4 rings (SSSR count). The van der Waals surface area contributed by atoms with E-state index in [1.165, 1.54) is 16.9 Å². The Kier molecular flexibility index (Phi) is 4.45. The molecule has 0 amide bonds. The van der Waals surface area contributed by atoms with E-state index in [2.05, 4.69) is 24.2 Å². The summed E-state index contributed by atoms with van der Waals surface area (Å²) < 4.78 is 7.37. The van der Waals surface area contributed by atoms with Gasteiger partial charge in [-0.3, -0.25) is 0 Å². The SMILES string of the molecule is Cc1ccc(N=c2scc(-c3ccco3)n2N=Cc2cccs2)cc1. The zero-order valence-electron chi connectivity index (χ0n) is 13.5. The highest BCUT2D eigenvalue weighted by molar-refractivity contribution is 7.11. The van der Waals surface area contributed by atoms with Gasteiger partial charge < -0.3 is 4.42 Å². The molecular formula is C19H15N3OS2. The Labute approximate surface area is 153 Å². The Bertz CT molecular complexity index is 1040. The van der Waals surface area contributed by atoms with E-state index in [0.717, 1.165) is 26.8 Å². The van der Waals surface area contributed by atoms with Crippen LogP contribution < -0.4 is 4.80 Å². The van der Waals surface area contributed by atoms with Gasteiger partial charge in [-0.25, -0.2) is 9.67 Å². The molecule has 25 heavy (non-hydrogen) atoms. The third-order valence-electron chi connectivity index (χ3n) is 3.56. The smallest absolute Gasteiger partial charge is 0.211 e. The maximum Gasteiger partial charge on any atom is 0.211 e. The van der Waals surface area contributed by atoms with Gasteiger partial charge in [0.05, 0.1) is 18.2 Å². The fourth-order valence-electron chi connectivity index (χ4n) is 2.29. The summed E-state index contributed by atoms with van der Waals surface area (Å²) >= 11 is 3.18. The minimum absolute atomic E-state index is 0.768. The molecule has 0 radical (unpaired) electrons. The lowest BCUT2D eigenvalue weighted by Gasteiger charge is -2.00. The van der Waals surface area contributed by atoms with Crippen molar-refractivity contribution < 1.29 is 4.42 Å². The van der Waals surface area contributed by atoms with Crippen molar-refractivity contribution >= 4 is 34.6 Å². The summed E-state index contributed by atoms with van der Waals surface area (Å²) in [6.07, 6.45) is 3.51. The van der Waals surface area contributed by atoms with E-state index in [1.807, 2.05) is 58.0 Å². The second-order valence-electron chi connectivity index (χ2n) is 5.40. The highest BCUT2D eigenvalue weighted by Crippen LogP contribution is 2.21. The molecule has 0 atom stereocenters. The van der Waals surface area contributed by atoms with Crippen LogP contribution in [-0.4, -0.2) is 10.9 Å². The third-order valence-corrected chi connectivity index (χ3v) is 5.18. The molecule has 6 heteroatoms. The minimum atomic E-state index is 0.768. The van der Waals surface area contributed by atoms with Gasteiger partial charge in [0.1, 0.15) is 5.69 Å². The molecule has 124 valence electrons. The maximum atomic E-state index is 5.55. The van der Waals surface area contributed by atoms with E-state index in [0.29, 0.717) is 0 Å². The first-order valence-corrected chi connectivity index (χ1v) is 9.49. The van der Waals surface area contributed by atoms with Crippen LogP contribution in [0.25, 0.3) is 11.5 Å². The predicted octanol–water partition coefficient (Wildman–Crippen LogP) is 5.29. The van der Waals surface area contributed by atoms with Gasteiger partial charge in [0.2, 0.25) is 4.80 Å². The van der Waals surface area contributed by atoms with Crippen molar-refractivity contribution in [2.45, 2.75) is 6.92 Å². The molecule has 4 aromatic rings. The van der Waals surface area contributed by atoms with Gasteiger partial charge in [-0.15, -0.1) is 22.7 Å². The minimum Gasteiger partial charge on any atom is -0.463 e. The fourth-order valence-corrected chi connectivity index (χ4v) is 3.71. The van der Waals surface area contributed by atoms with Gasteiger partial charge in [0.15, 0.2) is 5.76 Å². The third kappa shape index (κ3) is 3.55. The van der Waals surface area contributed by atoms with Crippen LogP contribution in [0.2, 0.25) is 0 Å². The van der Waals surface area contributed by atoms with Crippen molar-refractivity contribution in [2.24, 2.45) is 10.1 Å². The number of nitrogens with zero attached hydrogens (tertiary/aromatic N) is 3. The van der Waals surface area contributed by atoms with Gasteiger partial charge in [0.25, 0.3) is 0 Å². The summed E-state index contributed by atoms with van der Waals surface area (Å²) in [4.78, 5) is 6.62. The summed E-state index contributed by atoms with van der Waals surface area (Å²) in [6.45, 7) is 2.06. The first-order valence-electron chi connectivity index (χ1n) is 7.73. The number of thiazole rings is 1. The Morgan fingerprint density at radius 3 is 2.64 bits per heavy atom. The lowest BCUT2D eigenvalue weighted by Crippen LogP contribution is -2.11. The molecule has 4 nitrogen and oxygen atoms in total. The summed E-state index contributed by atoms with van der Waals surface area (Å²) in [7, 11) is 0. The summed E-state index contributed by atoms with van der Waals surface area (Å²) in [5, 5.41) is 8.68. The zero-order chi connectivity index (χ0) is 17.1. The van der Waals surface area contributed by atoms with Crippen LogP contribution in [0, 0.1) is 6.92 Å². The molecule has 0 spiro atoms. The average molecular weight is 365 g/mol. The van der Waals surface area contributed by atoms with Gasteiger partial charge in [-0.1, -0.05) is 23.8 Å². The van der Waals surface area contributed by atoms with Crippen molar-refractivity contribution in [3.05, 3.63) is 80.8 Å². The first kappa shape index (κ1) is 15.8. The van der Waals surface area contributed by atoms with Crippen LogP contribution in [0.15, 0.2) is 80.1 Å². The molecule has 0 aliphatic carbocycles. The van der Waals surface area contributed by atoms with Crippen LogP contribution in [0.5, 0.6) is 0 Å². The largest absolute Gasteiger partial charge is 0.463 e. The molecule has 0 unspecified atom stereocenters. The second-order valence-corrected chi connectivity index (χ2v) is 7.22. The number of aromatic nitrogens is 1. The molecule has 0 fully saturated rings. The van der Waals surface area contributed by atoms with Crippen molar-refractivity contribution in [1.29, 1.82) is 0 Å². The number of aryl methyl sites for hydroxylation is 1. The lowest BCUT2D eigenvalue weighted by atomic mass is 10.2. The average Bonchev–Trinajstić information content (AvgIpc) is 3.37. The molecule has 1 aromatic carbocycles. The topological polar surface area (TPSA) is 42.8 Å². The highest BCUT2D eigenvalue weighted by Gasteiger charge is 2.10. The van der Waals surface area contributed by atoms with E-state index in [1.54, 1.807) is 17.6 Å². The van der Waals surface area contributed by atoms with Gasteiger partial charge in [0, 0.05) is 10.3 Å². The molecule has 0 aliphatic heterocycles. The number of hydrogen-bond acceptors (Lipinski definition) is 5. The van der Waals surface area contributed by atoms with Gasteiger partial charge in [-0.2, -0.15) is 5.10 Å². The van der Waals surface area contributed by atoms with E-state index in [4.69, 9.17) is 9.41 Å². The molecule has 0 saturated carbocycles. The van der Waals surface area contributed by atoms with Gasteiger partial charge in [-0.05, 0) is 42.6 Å². The van der Waals surface area contributed by atoms with E-state index in [9.17, 15) is 0 Å². The Morgan fingerprint density at radius 2 is 1.92 bits per heavy atom. The maximum absolute atomic E-state index is 5.55. The quantitative estimate of drug-likeness (QED) is 0.453. The molecule has 0 bridgehead atoms. The Morgan fingerprint density at radius 1 is 1.04 bits per heavy atom.